The van der Waals surface area contributed by atoms with Gasteiger partial charge in [0.25, 0.3) is 5.91 Å². The van der Waals surface area contributed by atoms with Crippen molar-refractivity contribution in [1.29, 1.82) is 0 Å². The summed E-state index contributed by atoms with van der Waals surface area (Å²) in [6.45, 7) is 1.10. The maximum atomic E-state index is 12.6. The normalized spacial score (nSPS) is 21.9. The van der Waals surface area contributed by atoms with Gasteiger partial charge in [-0.3, -0.25) is 9.59 Å². The van der Waals surface area contributed by atoms with Crippen molar-refractivity contribution < 1.29 is 14.3 Å². The summed E-state index contributed by atoms with van der Waals surface area (Å²) >= 11 is 0. The fourth-order valence-corrected chi connectivity index (χ4v) is 2.43. The van der Waals surface area contributed by atoms with Gasteiger partial charge in [0.15, 0.2) is 0 Å². The Hall–Kier alpha value is -2.08. The third kappa shape index (κ3) is 3.16. The van der Waals surface area contributed by atoms with Crippen molar-refractivity contribution in [3.8, 4) is 0 Å². The molecule has 0 aromatic heterocycles. The second-order valence-corrected chi connectivity index (χ2v) is 5.50. The monoisotopic (exact) mass is 289 g/mol. The molecule has 0 spiro atoms. The van der Waals surface area contributed by atoms with E-state index in [9.17, 15) is 9.59 Å². The topological polar surface area (TPSA) is 84.7 Å². The average Bonchev–Trinajstić information content (AvgIpc) is 3.30. The van der Waals surface area contributed by atoms with Crippen molar-refractivity contribution in [1.82, 2.24) is 10.2 Å². The minimum Gasteiger partial charge on any atom is -0.399 e. The van der Waals surface area contributed by atoms with E-state index in [0.717, 1.165) is 12.8 Å². The summed E-state index contributed by atoms with van der Waals surface area (Å²) in [5.41, 5.74) is 6.76. The smallest absolute Gasteiger partial charge is 0.254 e. The summed E-state index contributed by atoms with van der Waals surface area (Å²) in [4.78, 5) is 26.4. The average molecular weight is 289 g/mol. The number of nitrogen functional groups attached to an aromatic ring is 1. The summed E-state index contributed by atoms with van der Waals surface area (Å²) < 4.78 is 5.37. The van der Waals surface area contributed by atoms with Gasteiger partial charge in [0.05, 0.1) is 13.2 Å². The zero-order valence-electron chi connectivity index (χ0n) is 11.7. The van der Waals surface area contributed by atoms with Gasteiger partial charge in [-0.2, -0.15) is 0 Å². The van der Waals surface area contributed by atoms with Crippen LogP contribution < -0.4 is 11.1 Å². The molecule has 1 unspecified atom stereocenters. The first kappa shape index (κ1) is 13.9. The standard InChI is InChI=1S/C15H19N3O3/c16-11-3-1-2-10(8-11)15(20)18-6-7-21-9-13(18)14(19)17-12-4-5-12/h1-3,8,12-13H,4-7,9,16H2,(H,17,19). The zero-order chi connectivity index (χ0) is 14.8. The molecule has 2 aliphatic rings. The van der Waals surface area contributed by atoms with Gasteiger partial charge in [-0.1, -0.05) is 6.07 Å². The highest BCUT2D eigenvalue weighted by atomic mass is 16.5. The van der Waals surface area contributed by atoms with Gasteiger partial charge >= 0.3 is 0 Å². The number of hydrogen-bond donors (Lipinski definition) is 2. The van der Waals surface area contributed by atoms with Crippen LogP contribution in [0.15, 0.2) is 24.3 Å². The fraction of sp³-hybridized carbons (Fsp3) is 0.467. The molecule has 1 saturated carbocycles. The van der Waals surface area contributed by atoms with Gasteiger partial charge in [0.1, 0.15) is 6.04 Å². The number of hydrogen-bond acceptors (Lipinski definition) is 4. The fourth-order valence-electron chi connectivity index (χ4n) is 2.43. The molecule has 6 nitrogen and oxygen atoms in total. The highest BCUT2D eigenvalue weighted by Gasteiger charge is 2.35. The summed E-state index contributed by atoms with van der Waals surface area (Å²) in [5.74, 6) is -0.309. The van der Waals surface area contributed by atoms with Crippen molar-refractivity contribution in [2.75, 3.05) is 25.5 Å². The highest BCUT2D eigenvalue weighted by molar-refractivity contribution is 5.98. The van der Waals surface area contributed by atoms with E-state index in [1.807, 2.05) is 0 Å². The van der Waals surface area contributed by atoms with E-state index < -0.39 is 6.04 Å². The minimum atomic E-state index is -0.562. The molecule has 1 aromatic rings. The lowest BCUT2D eigenvalue weighted by molar-refractivity contribution is -0.130. The first-order valence-electron chi connectivity index (χ1n) is 7.20. The molecule has 1 aliphatic carbocycles. The molecule has 1 aliphatic heterocycles. The number of anilines is 1. The van der Waals surface area contributed by atoms with Crippen LogP contribution in [0, 0.1) is 0 Å². The number of nitrogens with zero attached hydrogens (tertiary/aromatic N) is 1. The maximum Gasteiger partial charge on any atom is 0.254 e. The lowest BCUT2D eigenvalue weighted by Gasteiger charge is -2.34. The van der Waals surface area contributed by atoms with Crippen molar-refractivity contribution in [2.24, 2.45) is 0 Å². The molecule has 1 atom stereocenters. The minimum absolute atomic E-state index is 0.130. The van der Waals surface area contributed by atoms with Crippen LogP contribution in [-0.2, 0) is 9.53 Å². The Morgan fingerprint density at radius 1 is 1.33 bits per heavy atom. The van der Waals surface area contributed by atoms with Crippen molar-refractivity contribution in [2.45, 2.75) is 24.9 Å². The predicted octanol–water partition coefficient (Wildman–Crippen LogP) is 0.388. The lowest BCUT2D eigenvalue weighted by atomic mass is 10.1. The summed E-state index contributed by atoms with van der Waals surface area (Å²) in [6, 6.07) is 6.52. The molecular weight excluding hydrogens is 270 g/mol. The first-order chi connectivity index (χ1) is 10.1. The summed E-state index contributed by atoms with van der Waals surface area (Å²) in [6.07, 6.45) is 2.03. The highest BCUT2D eigenvalue weighted by Crippen LogP contribution is 2.20. The largest absolute Gasteiger partial charge is 0.399 e. The van der Waals surface area contributed by atoms with Crippen LogP contribution in [0.2, 0.25) is 0 Å². The summed E-state index contributed by atoms with van der Waals surface area (Å²) in [5, 5.41) is 2.93. The third-order valence-electron chi connectivity index (χ3n) is 3.75. The van der Waals surface area contributed by atoms with Crippen LogP contribution in [0.1, 0.15) is 23.2 Å². The number of benzene rings is 1. The van der Waals surface area contributed by atoms with Crippen LogP contribution in [0.3, 0.4) is 0 Å². The van der Waals surface area contributed by atoms with Crippen molar-refractivity contribution in [3.05, 3.63) is 29.8 Å². The Labute approximate surface area is 123 Å². The van der Waals surface area contributed by atoms with Crippen LogP contribution >= 0.6 is 0 Å². The molecule has 3 rings (SSSR count). The maximum absolute atomic E-state index is 12.6. The predicted molar refractivity (Wildman–Crippen MR) is 77.7 cm³/mol. The van der Waals surface area contributed by atoms with Gasteiger partial charge in [0, 0.05) is 23.8 Å². The number of nitrogens with one attached hydrogen (secondary N) is 1. The Kier molecular flexibility index (Phi) is 3.79. The Bertz CT molecular complexity index is 557. The lowest BCUT2D eigenvalue weighted by Crippen LogP contribution is -2.56. The van der Waals surface area contributed by atoms with E-state index in [-0.39, 0.29) is 24.5 Å². The van der Waals surface area contributed by atoms with Crippen molar-refractivity contribution in [3.63, 3.8) is 0 Å². The Balaban J connectivity index is 1.76. The SMILES string of the molecule is Nc1cccc(C(=O)N2CCOCC2C(=O)NC2CC2)c1. The van der Waals surface area contributed by atoms with E-state index in [1.165, 1.54) is 0 Å². The number of nitrogens with two attached hydrogens (primary N) is 1. The molecule has 21 heavy (non-hydrogen) atoms. The number of rotatable bonds is 3. The number of morpholine rings is 1. The number of carbonyl (C=O) groups is 2. The van der Waals surface area contributed by atoms with Gasteiger partial charge in [-0.15, -0.1) is 0 Å². The molecule has 6 heteroatoms. The molecular formula is C15H19N3O3. The molecule has 112 valence electrons. The Morgan fingerprint density at radius 2 is 2.14 bits per heavy atom. The molecule has 0 radical (unpaired) electrons. The van der Waals surface area contributed by atoms with E-state index >= 15 is 0 Å². The van der Waals surface area contributed by atoms with E-state index in [1.54, 1.807) is 29.2 Å². The van der Waals surface area contributed by atoms with Crippen LogP contribution in [0.5, 0.6) is 0 Å². The van der Waals surface area contributed by atoms with Crippen LogP contribution in [0.4, 0.5) is 5.69 Å². The molecule has 1 heterocycles. The van der Waals surface area contributed by atoms with Crippen LogP contribution in [0.25, 0.3) is 0 Å². The number of ether oxygens (including phenoxy) is 1. The molecule has 2 fully saturated rings. The quantitative estimate of drug-likeness (QED) is 0.788. The molecule has 0 bridgehead atoms. The third-order valence-corrected chi connectivity index (χ3v) is 3.75. The summed E-state index contributed by atoms with van der Waals surface area (Å²) in [7, 11) is 0. The first-order valence-corrected chi connectivity index (χ1v) is 7.20. The number of amides is 2. The van der Waals surface area contributed by atoms with Gasteiger partial charge in [-0.05, 0) is 31.0 Å². The van der Waals surface area contributed by atoms with Crippen LogP contribution in [-0.4, -0.2) is 48.6 Å². The van der Waals surface area contributed by atoms with Crippen molar-refractivity contribution >= 4 is 17.5 Å². The molecule has 1 aromatic carbocycles. The van der Waals surface area contributed by atoms with Gasteiger partial charge in [0.2, 0.25) is 5.91 Å². The second-order valence-electron chi connectivity index (χ2n) is 5.50. The van der Waals surface area contributed by atoms with Gasteiger partial charge < -0.3 is 20.7 Å². The molecule has 2 amide bonds. The van der Waals surface area contributed by atoms with E-state index in [0.29, 0.717) is 24.4 Å². The van der Waals surface area contributed by atoms with E-state index in [4.69, 9.17) is 10.5 Å². The zero-order valence-corrected chi connectivity index (χ0v) is 11.7. The Morgan fingerprint density at radius 3 is 2.86 bits per heavy atom. The second kappa shape index (κ2) is 5.73. The molecule has 1 saturated heterocycles. The van der Waals surface area contributed by atoms with E-state index in [2.05, 4.69) is 5.32 Å². The molecule has 3 N–H and O–H groups in total. The van der Waals surface area contributed by atoms with Gasteiger partial charge in [-0.25, -0.2) is 0 Å². The number of carbonyl (C=O) groups excluding carboxylic acids is 2.